The fraction of sp³-hybridized carbons (Fsp3) is 0.500. The van der Waals surface area contributed by atoms with Crippen LogP contribution in [-0.4, -0.2) is 52.4 Å². The van der Waals surface area contributed by atoms with Gasteiger partial charge < -0.3 is 5.32 Å². The van der Waals surface area contributed by atoms with Gasteiger partial charge in [0.25, 0.3) is 5.91 Å². The number of fused-ring (bicyclic) bond motifs is 2. The zero-order valence-electron chi connectivity index (χ0n) is 20.6. The Hall–Kier alpha value is -2.84. The van der Waals surface area contributed by atoms with Crippen LogP contribution in [0.15, 0.2) is 36.5 Å². The van der Waals surface area contributed by atoms with Gasteiger partial charge in [-0.25, -0.2) is 4.98 Å². The maximum atomic E-state index is 13.0. The molecular formula is C28H33N5O2S. The number of nitrogens with zero attached hydrogens (tertiary/aromatic N) is 4. The lowest BCUT2D eigenvalue weighted by atomic mass is 9.84. The number of benzene rings is 1. The molecule has 2 fully saturated rings. The molecule has 3 aliphatic rings. The average Bonchev–Trinajstić information content (AvgIpc) is 3.53. The molecule has 4 heterocycles. The predicted molar refractivity (Wildman–Crippen MR) is 142 cm³/mol. The van der Waals surface area contributed by atoms with Crippen LogP contribution in [0.4, 0.5) is 5.13 Å². The SMILES string of the molecule is O=C(NC1CCC(CCN2CCc3sc(N4CCCC4=O)nc3C2)CC1)c1cccc2ncccc12. The van der Waals surface area contributed by atoms with E-state index in [9.17, 15) is 9.59 Å². The van der Waals surface area contributed by atoms with Gasteiger partial charge in [-0.1, -0.05) is 12.1 Å². The van der Waals surface area contributed by atoms with Crippen LogP contribution >= 0.6 is 11.3 Å². The summed E-state index contributed by atoms with van der Waals surface area (Å²) in [6.45, 7) is 3.89. The standard InChI is InChI=1S/C28H33N5O2S/c34-26-7-3-15-33(26)28-31-24-18-32(17-13-25(24)36-28)16-12-19-8-10-20(11-9-19)30-27(35)22-4-1-6-23-21(22)5-2-14-29-23/h1-2,4-6,14,19-20H,3,7-13,15-18H2,(H,30,35). The maximum Gasteiger partial charge on any atom is 0.252 e. The molecular weight excluding hydrogens is 470 g/mol. The van der Waals surface area contributed by atoms with Crippen molar-refractivity contribution in [3.63, 3.8) is 0 Å². The second-order valence-corrected chi connectivity index (χ2v) is 11.5. The molecule has 0 atom stereocenters. The highest BCUT2D eigenvalue weighted by atomic mass is 32.1. The van der Waals surface area contributed by atoms with Crippen LogP contribution in [-0.2, 0) is 17.8 Å². The van der Waals surface area contributed by atoms with Gasteiger partial charge in [0.05, 0.1) is 11.2 Å². The molecule has 188 valence electrons. The zero-order chi connectivity index (χ0) is 24.5. The first-order chi connectivity index (χ1) is 17.6. The van der Waals surface area contributed by atoms with Crippen LogP contribution in [0, 0.1) is 5.92 Å². The van der Waals surface area contributed by atoms with E-state index in [4.69, 9.17) is 4.98 Å². The fourth-order valence-corrected chi connectivity index (χ4v) is 7.02. The highest BCUT2D eigenvalue weighted by molar-refractivity contribution is 7.16. The van der Waals surface area contributed by atoms with Crippen molar-refractivity contribution in [1.29, 1.82) is 0 Å². The first-order valence-electron chi connectivity index (χ1n) is 13.3. The Balaban J connectivity index is 0.972. The van der Waals surface area contributed by atoms with E-state index in [1.54, 1.807) is 17.5 Å². The first kappa shape index (κ1) is 23.6. The molecule has 2 aromatic heterocycles. The van der Waals surface area contributed by atoms with Crippen LogP contribution in [0.25, 0.3) is 10.9 Å². The van der Waals surface area contributed by atoms with Crippen molar-refractivity contribution in [3.05, 3.63) is 52.7 Å². The number of carbonyl (C=O) groups excluding carboxylic acids is 2. The van der Waals surface area contributed by atoms with E-state index < -0.39 is 0 Å². The summed E-state index contributed by atoms with van der Waals surface area (Å²) in [6.07, 6.45) is 10.0. The Bertz CT molecular complexity index is 1260. The molecule has 6 rings (SSSR count). The number of hydrogen-bond donors (Lipinski definition) is 1. The number of anilines is 1. The summed E-state index contributed by atoms with van der Waals surface area (Å²) in [5, 5.41) is 5.10. The lowest BCUT2D eigenvalue weighted by Gasteiger charge is -2.32. The van der Waals surface area contributed by atoms with Crippen molar-refractivity contribution in [2.75, 3.05) is 24.5 Å². The quantitative estimate of drug-likeness (QED) is 0.534. The van der Waals surface area contributed by atoms with Gasteiger partial charge in [-0.2, -0.15) is 0 Å². The summed E-state index contributed by atoms with van der Waals surface area (Å²) in [4.78, 5) is 40.0. The molecule has 0 unspecified atom stereocenters. The zero-order valence-corrected chi connectivity index (χ0v) is 21.4. The summed E-state index contributed by atoms with van der Waals surface area (Å²) >= 11 is 1.72. The number of thiazole rings is 1. The summed E-state index contributed by atoms with van der Waals surface area (Å²) in [5.41, 5.74) is 2.75. The number of nitrogens with one attached hydrogen (secondary N) is 1. The van der Waals surface area contributed by atoms with Gasteiger partial charge in [0.2, 0.25) is 5.91 Å². The normalized spacial score (nSPS) is 22.7. The van der Waals surface area contributed by atoms with Gasteiger partial charge in [-0.05, 0) is 75.6 Å². The number of amides is 2. The fourth-order valence-electron chi connectivity index (χ4n) is 5.92. The van der Waals surface area contributed by atoms with Crippen LogP contribution < -0.4 is 10.2 Å². The molecule has 2 aliphatic heterocycles. The van der Waals surface area contributed by atoms with Gasteiger partial charge in [-0.3, -0.25) is 24.4 Å². The highest BCUT2D eigenvalue weighted by Gasteiger charge is 2.29. The number of rotatable bonds is 6. The molecule has 1 saturated carbocycles. The minimum atomic E-state index is 0.0134. The molecule has 2 amide bonds. The van der Waals surface area contributed by atoms with Crippen LogP contribution in [0.3, 0.4) is 0 Å². The third-order valence-corrected chi connectivity index (χ3v) is 9.21. The third-order valence-electron chi connectivity index (χ3n) is 8.03. The molecule has 1 N–H and O–H groups in total. The first-order valence-corrected chi connectivity index (χ1v) is 14.1. The van der Waals surface area contributed by atoms with Gasteiger partial charge in [0.1, 0.15) is 0 Å². The molecule has 0 radical (unpaired) electrons. The van der Waals surface area contributed by atoms with E-state index in [2.05, 4.69) is 15.2 Å². The van der Waals surface area contributed by atoms with E-state index in [1.807, 2.05) is 35.2 Å². The largest absolute Gasteiger partial charge is 0.349 e. The van der Waals surface area contributed by atoms with E-state index >= 15 is 0 Å². The Morgan fingerprint density at radius 1 is 1.08 bits per heavy atom. The lowest BCUT2D eigenvalue weighted by Crippen LogP contribution is -2.38. The molecule has 0 spiro atoms. The maximum absolute atomic E-state index is 13.0. The summed E-state index contributed by atoms with van der Waals surface area (Å²) in [5.74, 6) is 0.952. The van der Waals surface area contributed by atoms with Crippen molar-refractivity contribution in [3.8, 4) is 0 Å². The highest BCUT2D eigenvalue weighted by Crippen LogP contribution is 2.33. The summed E-state index contributed by atoms with van der Waals surface area (Å²) in [7, 11) is 0. The average molecular weight is 504 g/mol. The molecule has 1 aliphatic carbocycles. The van der Waals surface area contributed by atoms with E-state index in [1.165, 1.54) is 29.8 Å². The van der Waals surface area contributed by atoms with Crippen molar-refractivity contribution in [1.82, 2.24) is 20.2 Å². The molecule has 1 aromatic carbocycles. The van der Waals surface area contributed by atoms with Gasteiger partial charge >= 0.3 is 0 Å². The molecule has 36 heavy (non-hydrogen) atoms. The number of hydrogen-bond acceptors (Lipinski definition) is 6. The molecule has 7 nitrogen and oxygen atoms in total. The second kappa shape index (κ2) is 10.3. The smallest absolute Gasteiger partial charge is 0.252 e. The minimum Gasteiger partial charge on any atom is -0.349 e. The topological polar surface area (TPSA) is 78.4 Å². The lowest BCUT2D eigenvalue weighted by molar-refractivity contribution is -0.117. The molecule has 8 heteroatoms. The molecule has 1 saturated heterocycles. The van der Waals surface area contributed by atoms with Crippen molar-refractivity contribution < 1.29 is 9.59 Å². The van der Waals surface area contributed by atoms with Crippen molar-refractivity contribution in [2.45, 2.75) is 64.0 Å². The Kier molecular flexibility index (Phi) is 6.71. The third kappa shape index (κ3) is 4.89. The number of aromatic nitrogens is 2. The number of carbonyl (C=O) groups is 2. The van der Waals surface area contributed by atoms with Crippen LogP contribution in [0.5, 0.6) is 0 Å². The van der Waals surface area contributed by atoms with Crippen LogP contribution in [0.2, 0.25) is 0 Å². The molecule has 0 bridgehead atoms. The number of pyridine rings is 1. The Labute approximate surface area is 215 Å². The Morgan fingerprint density at radius 3 is 2.81 bits per heavy atom. The van der Waals surface area contributed by atoms with E-state index in [0.717, 1.165) is 73.8 Å². The molecule has 3 aromatic rings. The summed E-state index contributed by atoms with van der Waals surface area (Å²) < 4.78 is 0. The Morgan fingerprint density at radius 2 is 1.97 bits per heavy atom. The van der Waals surface area contributed by atoms with Gasteiger partial charge in [0, 0.05) is 54.1 Å². The minimum absolute atomic E-state index is 0.0134. The van der Waals surface area contributed by atoms with Crippen molar-refractivity contribution >= 4 is 39.2 Å². The van der Waals surface area contributed by atoms with Gasteiger partial charge in [-0.15, -0.1) is 11.3 Å². The summed E-state index contributed by atoms with van der Waals surface area (Å²) in [6, 6.07) is 9.85. The van der Waals surface area contributed by atoms with E-state index in [-0.39, 0.29) is 17.9 Å². The monoisotopic (exact) mass is 503 g/mol. The van der Waals surface area contributed by atoms with Crippen LogP contribution in [0.1, 0.15) is 65.9 Å². The van der Waals surface area contributed by atoms with Crippen molar-refractivity contribution in [2.24, 2.45) is 5.92 Å². The van der Waals surface area contributed by atoms with Gasteiger partial charge in [0.15, 0.2) is 5.13 Å². The second-order valence-electron chi connectivity index (χ2n) is 10.4. The van der Waals surface area contributed by atoms with E-state index in [0.29, 0.717) is 12.0 Å². The predicted octanol–water partition coefficient (Wildman–Crippen LogP) is 4.56.